The maximum absolute atomic E-state index is 12.3. The molecule has 1 aromatic carbocycles. The van der Waals surface area contributed by atoms with Crippen LogP contribution in [-0.2, 0) is 0 Å². The Balaban J connectivity index is 1.74. The maximum Gasteiger partial charge on any atom is 0.270 e. The Bertz CT molecular complexity index is 745. The molecule has 0 spiro atoms. The molecule has 0 aliphatic heterocycles. The predicted octanol–water partition coefficient (Wildman–Crippen LogP) is 2.91. The van der Waals surface area contributed by atoms with E-state index >= 15 is 0 Å². The zero-order chi connectivity index (χ0) is 17.6. The van der Waals surface area contributed by atoms with Crippen molar-refractivity contribution in [2.45, 2.75) is 31.7 Å². The summed E-state index contributed by atoms with van der Waals surface area (Å²) in [7, 11) is 3.18. The van der Waals surface area contributed by atoms with Gasteiger partial charge in [0.2, 0.25) is 0 Å². The molecule has 0 radical (unpaired) electrons. The molecule has 1 heterocycles. The molecule has 2 aromatic rings. The first kappa shape index (κ1) is 17.0. The summed E-state index contributed by atoms with van der Waals surface area (Å²) >= 11 is 0. The molecule has 25 heavy (non-hydrogen) atoms. The minimum absolute atomic E-state index is 0.168. The lowest BCUT2D eigenvalue weighted by Crippen LogP contribution is -2.33. The summed E-state index contributed by atoms with van der Waals surface area (Å²) in [4.78, 5) is 20.6. The topological polar surface area (TPSA) is 85.4 Å². The van der Waals surface area contributed by atoms with Gasteiger partial charge in [0, 0.05) is 18.2 Å². The Labute approximate surface area is 146 Å². The van der Waals surface area contributed by atoms with E-state index in [2.05, 4.69) is 20.6 Å². The zero-order valence-corrected chi connectivity index (χ0v) is 14.4. The van der Waals surface area contributed by atoms with E-state index in [1.165, 1.54) is 19.2 Å². The SMILES string of the molecule is COc1ccc(Nc2cc(C(=O)NC3CCCC3)ncn2)c(OC)c1. The molecule has 0 saturated heterocycles. The summed E-state index contributed by atoms with van der Waals surface area (Å²) in [5.41, 5.74) is 1.07. The van der Waals surface area contributed by atoms with Crippen LogP contribution in [0.3, 0.4) is 0 Å². The van der Waals surface area contributed by atoms with E-state index in [0.717, 1.165) is 18.5 Å². The molecule has 7 heteroatoms. The first-order chi connectivity index (χ1) is 12.2. The van der Waals surface area contributed by atoms with Gasteiger partial charge in [-0.15, -0.1) is 0 Å². The molecule has 1 fully saturated rings. The van der Waals surface area contributed by atoms with Gasteiger partial charge in [-0.25, -0.2) is 9.97 Å². The Morgan fingerprint density at radius 3 is 2.64 bits per heavy atom. The van der Waals surface area contributed by atoms with Gasteiger partial charge in [0.25, 0.3) is 5.91 Å². The molecule has 1 aromatic heterocycles. The number of amides is 1. The first-order valence-corrected chi connectivity index (χ1v) is 8.31. The second-order valence-electron chi connectivity index (χ2n) is 5.93. The Morgan fingerprint density at radius 1 is 1.12 bits per heavy atom. The molecule has 0 atom stereocenters. The van der Waals surface area contributed by atoms with Crippen molar-refractivity contribution in [3.8, 4) is 11.5 Å². The normalized spacial score (nSPS) is 14.2. The first-order valence-electron chi connectivity index (χ1n) is 8.31. The summed E-state index contributed by atoms with van der Waals surface area (Å²) in [6.07, 6.45) is 5.77. The lowest BCUT2D eigenvalue weighted by atomic mass is 10.2. The van der Waals surface area contributed by atoms with E-state index in [1.807, 2.05) is 12.1 Å². The Morgan fingerprint density at radius 2 is 1.92 bits per heavy atom. The van der Waals surface area contributed by atoms with Gasteiger partial charge >= 0.3 is 0 Å². The molecule has 132 valence electrons. The molecule has 2 N–H and O–H groups in total. The summed E-state index contributed by atoms with van der Waals surface area (Å²) in [5.74, 6) is 1.67. The number of nitrogens with zero attached hydrogens (tertiary/aromatic N) is 2. The number of aromatic nitrogens is 2. The summed E-state index contributed by atoms with van der Waals surface area (Å²) in [5, 5.41) is 6.18. The van der Waals surface area contributed by atoms with Gasteiger partial charge in [-0.1, -0.05) is 12.8 Å². The highest BCUT2D eigenvalue weighted by Gasteiger charge is 2.19. The number of ether oxygens (including phenoxy) is 2. The van der Waals surface area contributed by atoms with Gasteiger partial charge < -0.3 is 20.1 Å². The standard InChI is InChI=1S/C18H22N4O3/c1-24-13-7-8-14(16(9-13)25-2)22-17-10-15(19-11-20-17)18(23)21-12-5-3-4-6-12/h7-12H,3-6H2,1-2H3,(H,21,23)(H,19,20,22). The third kappa shape index (κ3) is 4.17. The largest absolute Gasteiger partial charge is 0.497 e. The van der Waals surface area contributed by atoms with Crippen molar-refractivity contribution >= 4 is 17.4 Å². The minimum Gasteiger partial charge on any atom is -0.497 e. The fourth-order valence-electron chi connectivity index (χ4n) is 2.92. The number of methoxy groups -OCH3 is 2. The minimum atomic E-state index is -0.168. The number of hydrogen-bond acceptors (Lipinski definition) is 6. The van der Waals surface area contributed by atoms with E-state index in [0.29, 0.717) is 23.0 Å². The van der Waals surface area contributed by atoms with E-state index in [9.17, 15) is 4.79 Å². The van der Waals surface area contributed by atoms with Crippen molar-refractivity contribution in [3.05, 3.63) is 36.3 Å². The van der Waals surface area contributed by atoms with Crippen molar-refractivity contribution in [1.82, 2.24) is 15.3 Å². The predicted molar refractivity (Wildman–Crippen MR) is 94.6 cm³/mol. The van der Waals surface area contributed by atoms with E-state index in [4.69, 9.17) is 9.47 Å². The van der Waals surface area contributed by atoms with Crippen LogP contribution in [0.4, 0.5) is 11.5 Å². The van der Waals surface area contributed by atoms with Crippen LogP contribution >= 0.6 is 0 Å². The molecule has 1 saturated carbocycles. The zero-order valence-electron chi connectivity index (χ0n) is 14.4. The second-order valence-corrected chi connectivity index (χ2v) is 5.93. The Hall–Kier alpha value is -2.83. The van der Waals surface area contributed by atoms with Gasteiger partial charge in [-0.05, 0) is 25.0 Å². The fraction of sp³-hybridized carbons (Fsp3) is 0.389. The average Bonchev–Trinajstić information content (AvgIpc) is 3.15. The molecule has 1 amide bonds. The van der Waals surface area contributed by atoms with Crippen LogP contribution in [0.25, 0.3) is 0 Å². The second kappa shape index (κ2) is 7.83. The maximum atomic E-state index is 12.3. The van der Waals surface area contributed by atoms with Crippen molar-refractivity contribution in [2.24, 2.45) is 0 Å². The molecular weight excluding hydrogens is 320 g/mol. The van der Waals surface area contributed by atoms with Crippen molar-refractivity contribution in [3.63, 3.8) is 0 Å². The molecule has 7 nitrogen and oxygen atoms in total. The Kier molecular flexibility index (Phi) is 5.33. The number of anilines is 2. The van der Waals surface area contributed by atoms with E-state index < -0.39 is 0 Å². The number of carbonyl (C=O) groups excluding carboxylic acids is 1. The van der Waals surface area contributed by atoms with Crippen molar-refractivity contribution in [2.75, 3.05) is 19.5 Å². The van der Waals surface area contributed by atoms with Gasteiger partial charge in [0.15, 0.2) is 0 Å². The van der Waals surface area contributed by atoms with Gasteiger partial charge in [0.05, 0.1) is 19.9 Å². The molecule has 0 unspecified atom stereocenters. The third-order valence-corrected chi connectivity index (χ3v) is 4.26. The van der Waals surface area contributed by atoms with Gasteiger partial charge in [0.1, 0.15) is 29.3 Å². The fourth-order valence-corrected chi connectivity index (χ4v) is 2.92. The highest BCUT2D eigenvalue weighted by Crippen LogP contribution is 2.31. The van der Waals surface area contributed by atoms with E-state index in [-0.39, 0.29) is 11.9 Å². The molecule has 1 aliphatic rings. The van der Waals surface area contributed by atoms with Crippen LogP contribution in [0.5, 0.6) is 11.5 Å². The molecule has 0 bridgehead atoms. The van der Waals surface area contributed by atoms with E-state index in [1.54, 1.807) is 26.4 Å². The summed E-state index contributed by atoms with van der Waals surface area (Å²) in [6.45, 7) is 0. The number of nitrogens with one attached hydrogen (secondary N) is 2. The van der Waals surface area contributed by atoms with Gasteiger partial charge in [-0.3, -0.25) is 4.79 Å². The smallest absolute Gasteiger partial charge is 0.270 e. The molecule has 3 rings (SSSR count). The molecular formula is C18H22N4O3. The molecule has 1 aliphatic carbocycles. The monoisotopic (exact) mass is 342 g/mol. The number of rotatable bonds is 6. The summed E-state index contributed by atoms with van der Waals surface area (Å²) < 4.78 is 10.6. The number of benzene rings is 1. The lowest BCUT2D eigenvalue weighted by molar-refractivity contribution is 0.0932. The third-order valence-electron chi connectivity index (χ3n) is 4.26. The lowest BCUT2D eigenvalue weighted by Gasteiger charge is -2.13. The number of carbonyl (C=O) groups is 1. The van der Waals surface area contributed by atoms with Crippen LogP contribution in [0.1, 0.15) is 36.2 Å². The van der Waals surface area contributed by atoms with Gasteiger partial charge in [-0.2, -0.15) is 0 Å². The number of hydrogen-bond donors (Lipinski definition) is 2. The van der Waals surface area contributed by atoms with Crippen LogP contribution in [0, 0.1) is 0 Å². The van der Waals surface area contributed by atoms with Crippen LogP contribution in [-0.4, -0.2) is 36.1 Å². The van der Waals surface area contributed by atoms with Crippen LogP contribution in [0.15, 0.2) is 30.6 Å². The highest BCUT2D eigenvalue weighted by atomic mass is 16.5. The average molecular weight is 342 g/mol. The highest BCUT2D eigenvalue weighted by molar-refractivity contribution is 5.93. The van der Waals surface area contributed by atoms with Crippen LogP contribution < -0.4 is 20.1 Å². The summed E-state index contributed by atoms with van der Waals surface area (Å²) in [6, 6.07) is 7.31. The van der Waals surface area contributed by atoms with Crippen molar-refractivity contribution in [1.29, 1.82) is 0 Å². The quantitative estimate of drug-likeness (QED) is 0.839. The van der Waals surface area contributed by atoms with Crippen molar-refractivity contribution < 1.29 is 14.3 Å². The van der Waals surface area contributed by atoms with Crippen LogP contribution in [0.2, 0.25) is 0 Å².